The lowest BCUT2D eigenvalue weighted by atomic mass is 10.1. The van der Waals surface area contributed by atoms with E-state index >= 15 is 0 Å². The van der Waals surface area contributed by atoms with Crippen LogP contribution in [0.15, 0.2) is 6.20 Å². The maximum Gasteiger partial charge on any atom is 0.225 e. The van der Waals surface area contributed by atoms with Crippen molar-refractivity contribution in [3.63, 3.8) is 0 Å². The van der Waals surface area contributed by atoms with E-state index in [4.69, 9.17) is 4.74 Å². The summed E-state index contributed by atoms with van der Waals surface area (Å²) in [6.07, 6.45) is 4.05. The van der Waals surface area contributed by atoms with Crippen LogP contribution in [0.2, 0.25) is 0 Å². The first kappa shape index (κ1) is 16.2. The highest BCUT2D eigenvalue weighted by molar-refractivity contribution is 5.33. The number of nitrogens with zero attached hydrogens (tertiary/aromatic N) is 3. The van der Waals surface area contributed by atoms with E-state index in [1.807, 2.05) is 6.20 Å². The fourth-order valence-electron chi connectivity index (χ4n) is 2.42. The van der Waals surface area contributed by atoms with E-state index in [0.717, 1.165) is 49.8 Å². The van der Waals surface area contributed by atoms with Gasteiger partial charge < -0.3 is 15.0 Å². The Morgan fingerprint density at radius 1 is 1.33 bits per heavy atom. The molecule has 5 heteroatoms. The van der Waals surface area contributed by atoms with Crippen molar-refractivity contribution < 1.29 is 4.74 Å². The Balaban J connectivity index is 2.03. The molecule has 1 saturated heterocycles. The molecule has 1 fully saturated rings. The fourth-order valence-corrected chi connectivity index (χ4v) is 2.42. The molecular formula is C16H28N4O. The average molecular weight is 292 g/mol. The zero-order valence-corrected chi connectivity index (χ0v) is 13.9. The number of nitrogens with one attached hydrogen (secondary N) is 1. The molecule has 2 heterocycles. The zero-order chi connectivity index (χ0) is 15.5. The van der Waals surface area contributed by atoms with Crippen molar-refractivity contribution in [2.75, 3.05) is 25.2 Å². The molecule has 0 atom stereocenters. The van der Waals surface area contributed by atoms with Gasteiger partial charge >= 0.3 is 0 Å². The summed E-state index contributed by atoms with van der Waals surface area (Å²) in [6, 6.07) is 0.483. The van der Waals surface area contributed by atoms with E-state index in [1.54, 1.807) is 0 Å². The van der Waals surface area contributed by atoms with Gasteiger partial charge in [-0.25, -0.2) is 9.97 Å². The molecule has 0 aliphatic carbocycles. The Bertz CT molecular complexity index is 464. The highest BCUT2D eigenvalue weighted by Crippen LogP contribution is 2.19. The summed E-state index contributed by atoms with van der Waals surface area (Å²) >= 11 is 0. The summed E-state index contributed by atoms with van der Waals surface area (Å²) in [6.45, 7) is 11.0. The largest absolute Gasteiger partial charge is 0.381 e. The van der Waals surface area contributed by atoms with Gasteiger partial charge in [0, 0.05) is 55.8 Å². The van der Waals surface area contributed by atoms with E-state index in [2.05, 4.69) is 54.9 Å². The fraction of sp³-hybridized carbons (Fsp3) is 0.750. The molecule has 0 aromatic carbocycles. The minimum absolute atomic E-state index is 0.101. The third-order valence-corrected chi connectivity index (χ3v) is 3.93. The van der Waals surface area contributed by atoms with E-state index in [9.17, 15) is 0 Å². The molecule has 0 spiro atoms. The van der Waals surface area contributed by atoms with Crippen LogP contribution < -0.4 is 10.2 Å². The molecule has 1 aliphatic rings. The van der Waals surface area contributed by atoms with Crippen LogP contribution in [-0.2, 0) is 11.3 Å². The number of rotatable bonds is 4. The number of anilines is 1. The quantitative estimate of drug-likeness (QED) is 0.922. The summed E-state index contributed by atoms with van der Waals surface area (Å²) in [5.41, 5.74) is 2.31. The van der Waals surface area contributed by atoms with E-state index < -0.39 is 0 Å². The molecule has 5 nitrogen and oxygen atoms in total. The van der Waals surface area contributed by atoms with Crippen molar-refractivity contribution in [3.05, 3.63) is 17.5 Å². The standard InChI is InChI=1S/C16H28N4O/c1-12-13(11-18-16(2,3)4)10-17-15(19-12)20(5)14-6-8-21-9-7-14/h10,14,18H,6-9,11H2,1-5H3. The maximum absolute atomic E-state index is 5.42. The zero-order valence-electron chi connectivity index (χ0n) is 13.9. The first-order valence-electron chi connectivity index (χ1n) is 7.75. The molecule has 1 aliphatic heterocycles. The van der Waals surface area contributed by atoms with Crippen molar-refractivity contribution in [2.45, 2.75) is 58.7 Å². The summed E-state index contributed by atoms with van der Waals surface area (Å²) in [7, 11) is 2.08. The number of ether oxygens (including phenoxy) is 1. The van der Waals surface area contributed by atoms with Crippen molar-refractivity contribution >= 4 is 5.95 Å². The SMILES string of the molecule is Cc1nc(N(C)C2CCOCC2)ncc1CNC(C)(C)C. The number of aromatic nitrogens is 2. The second kappa shape index (κ2) is 6.71. The first-order valence-corrected chi connectivity index (χ1v) is 7.75. The molecule has 0 bridgehead atoms. The van der Waals surface area contributed by atoms with Gasteiger partial charge in [0.1, 0.15) is 0 Å². The van der Waals surface area contributed by atoms with Gasteiger partial charge in [-0.05, 0) is 40.5 Å². The maximum atomic E-state index is 5.42. The lowest BCUT2D eigenvalue weighted by Crippen LogP contribution is -2.38. The Labute approximate surface area is 128 Å². The number of hydrogen-bond donors (Lipinski definition) is 1. The van der Waals surface area contributed by atoms with Crippen LogP contribution >= 0.6 is 0 Å². The third kappa shape index (κ3) is 4.64. The summed E-state index contributed by atoms with van der Waals surface area (Å²) < 4.78 is 5.42. The van der Waals surface area contributed by atoms with Crippen LogP contribution in [0.1, 0.15) is 44.9 Å². The van der Waals surface area contributed by atoms with Gasteiger partial charge in [-0.15, -0.1) is 0 Å². The molecular weight excluding hydrogens is 264 g/mol. The summed E-state index contributed by atoms with van der Waals surface area (Å²) in [5.74, 6) is 0.818. The second-order valence-electron chi connectivity index (χ2n) is 6.84. The molecule has 0 unspecified atom stereocenters. The van der Waals surface area contributed by atoms with E-state index in [0.29, 0.717) is 6.04 Å². The smallest absolute Gasteiger partial charge is 0.225 e. The minimum Gasteiger partial charge on any atom is -0.381 e. The molecule has 118 valence electrons. The third-order valence-electron chi connectivity index (χ3n) is 3.93. The number of hydrogen-bond acceptors (Lipinski definition) is 5. The average Bonchev–Trinajstić information content (AvgIpc) is 2.45. The molecule has 21 heavy (non-hydrogen) atoms. The lowest BCUT2D eigenvalue weighted by molar-refractivity contribution is 0.0852. The number of aryl methyl sites for hydroxylation is 1. The van der Waals surface area contributed by atoms with Crippen molar-refractivity contribution in [1.29, 1.82) is 0 Å². The molecule has 1 aromatic rings. The lowest BCUT2D eigenvalue weighted by Gasteiger charge is -2.31. The second-order valence-corrected chi connectivity index (χ2v) is 6.84. The van der Waals surface area contributed by atoms with Gasteiger partial charge in [-0.1, -0.05) is 0 Å². The van der Waals surface area contributed by atoms with Crippen molar-refractivity contribution in [1.82, 2.24) is 15.3 Å². The summed E-state index contributed by atoms with van der Waals surface area (Å²) in [4.78, 5) is 11.4. The van der Waals surface area contributed by atoms with Crippen LogP contribution in [0.4, 0.5) is 5.95 Å². The summed E-state index contributed by atoms with van der Waals surface area (Å²) in [5, 5.41) is 3.48. The Morgan fingerprint density at radius 2 is 2.00 bits per heavy atom. The Morgan fingerprint density at radius 3 is 2.57 bits per heavy atom. The van der Waals surface area contributed by atoms with Gasteiger partial charge in [0.05, 0.1) is 0 Å². The van der Waals surface area contributed by atoms with Gasteiger partial charge in [0.2, 0.25) is 5.95 Å². The van der Waals surface area contributed by atoms with Gasteiger partial charge in [0.25, 0.3) is 0 Å². The van der Waals surface area contributed by atoms with Crippen molar-refractivity contribution in [2.24, 2.45) is 0 Å². The Kier molecular flexibility index (Phi) is 5.17. The molecule has 1 aromatic heterocycles. The van der Waals surface area contributed by atoms with Crippen molar-refractivity contribution in [3.8, 4) is 0 Å². The Hall–Kier alpha value is -1.20. The van der Waals surface area contributed by atoms with Crippen LogP contribution in [0.5, 0.6) is 0 Å². The highest BCUT2D eigenvalue weighted by Gasteiger charge is 2.21. The normalized spacial score (nSPS) is 17.0. The predicted molar refractivity (Wildman–Crippen MR) is 85.6 cm³/mol. The molecule has 0 amide bonds. The van der Waals surface area contributed by atoms with Crippen LogP contribution in [0.25, 0.3) is 0 Å². The van der Waals surface area contributed by atoms with Crippen LogP contribution in [0.3, 0.4) is 0 Å². The molecule has 2 rings (SSSR count). The predicted octanol–water partition coefficient (Wildman–Crippen LogP) is 2.29. The van der Waals surface area contributed by atoms with Gasteiger partial charge in [-0.3, -0.25) is 0 Å². The van der Waals surface area contributed by atoms with E-state index in [1.165, 1.54) is 0 Å². The van der Waals surface area contributed by atoms with E-state index in [-0.39, 0.29) is 5.54 Å². The van der Waals surface area contributed by atoms with Gasteiger partial charge in [-0.2, -0.15) is 0 Å². The molecule has 0 radical (unpaired) electrons. The van der Waals surface area contributed by atoms with Crippen LogP contribution in [-0.4, -0.2) is 41.8 Å². The van der Waals surface area contributed by atoms with Gasteiger partial charge in [0.15, 0.2) is 0 Å². The minimum atomic E-state index is 0.101. The highest BCUT2D eigenvalue weighted by atomic mass is 16.5. The topological polar surface area (TPSA) is 50.3 Å². The molecule has 1 N–H and O–H groups in total. The molecule has 0 saturated carbocycles. The first-order chi connectivity index (χ1) is 9.87. The van der Waals surface area contributed by atoms with Crippen LogP contribution in [0, 0.1) is 6.92 Å². The monoisotopic (exact) mass is 292 g/mol.